The molecule has 1 aliphatic carbocycles. The number of anilines is 1. The second kappa shape index (κ2) is 6.20. The highest BCUT2D eigenvalue weighted by Crippen LogP contribution is 2.38. The number of carbonyl (C=O) groups excluding carboxylic acids is 2. The Balaban J connectivity index is 1.44. The maximum absolute atomic E-state index is 12.9. The average Bonchev–Trinajstić information content (AvgIpc) is 3.19. The number of carbonyl (C=O) groups is 2. The number of amides is 2. The molecule has 3 fully saturated rings. The summed E-state index contributed by atoms with van der Waals surface area (Å²) in [6, 6.07) is 8.35. The van der Waals surface area contributed by atoms with Crippen LogP contribution in [0.4, 0.5) is 5.69 Å². The molecule has 2 N–H and O–H groups in total. The molecule has 5 nitrogen and oxygen atoms in total. The Bertz CT molecular complexity index is 660. The van der Waals surface area contributed by atoms with Crippen molar-refractivity contribution < 1.29 is 9.59 Å². The zero-order chi connectivity index (χ0) is 16.7. The first kappa shape index (κ1) is 15.6. The molecule has 0 radical (unpaired) electrons. The summed E-state index contributed by atoms with van der Waals surface area (Å²) in [7, 11) is 0. The van der Waals surface area contributed by atoms with Crippen molar-refractivity contribution in [3.05, 3.63) is 29.8 Å². The Morgan fingerprint density at radius 1 is 1.21 bits per heavy atom. The maximum Gasteiger partial charge on any atom is 0.253 e. The predicted octanol–water partition coefficient (Wildman–Crippen LogP) is 2.25. The summed E-state index contributed by atoms with van der Waals surface area (Å²) < 4.78 is 0. The second-order valence-electron chi connectivity index (χ2n) is 7.57. The highest BCUT2D eigenvalue weighted by Gasteiger charge is 2.39. The Labute approximate surface area is 142 Å². The molecule has 24 heavy (non-hydrogen) atoms. The molecule has 0 aromatic heterocycles. The predicted molar refractivity (Wildman–Crippen MR) is 92.8 cm³/mol. The largest absolute Gasteiger partial charge is 0.337 e. The van der Waals surface area contributed by atoms with Crippen molar-refractivity contribution in [3.8, 4) is 0 Å². The van der Waals surface area contributed by atoms with Crippen LogP contribution in [0.1, 0.15) is 43.0 Å². The van der Waals surface area contributed by atoms with Crippen molar-refractivity contribution in [1.82, 2.24) is 10.2 Å². The summed E-state index contributed by atoms with van der Waals surface area (Å²) in [6.07, 6.45) is 4.38. The van der Waals surface area contributed by atoms with Gasteiger partial charge in [-0.25, -0.2) is 0 Å². The highest BCUT2D eigenvalue weighted by molar-refractivity contribution is 5.98. The van der Waals surface area contributed by atoms with Gasteiger partial charge in [-0.3, -0.25) is 9.59 Å². The van der Waals surface area contributed by atoms with E-state index in [0.29, 0.717) is 23.6 Å². The Hall–Kier alpha value is -1.88. The molecule has 1 saturated carbocycles. The summed E-state index contributed by atoms with van der Waals surface area (Å²) in [5, 5.41) is 6.55. The van der Waals surface area contributed by atoms with Crippen molar-refractivity contribution in [3.63, 3.8) is 0 Å². The quantitative estimate of drug-likeness (QED) is 0.895. The topological polar surface area (TPSA) is 61.4 Å². The van der Waals surface area contributed by atoms with Gasteiger partial charge in [0.25, 0.3) is 5.91 Å². The third kappa shape index (κ3) is 3.18. The molecule has 3 aliphatic rings. The van der Waals surface area contributed by atoms with Crippen LogP contribution in [0.25, 0.3) is 0 Å². The smallest absolute Gasteiger partial charge is 0.253 e. The number of hydrogen-bond donors (Lipinski definition) is 2. The van der Waals surface area contributed by atoms with Crippen LogP contribution in [0.5, 0.6) is 0 Å². The third-order valence-electron chi connectivity index (χ3n) is 5.63. The van der Waals surface area contributed by atoms with E-state index in [2.05, 4.69) is 17.6 Å². The van der Waals surface area contributed by atoms with Gasteiger partial charge in [-0.05, 0) is 49.8 Å². The van der Waals surface area contributed by atoms with E-state index in [1.54, 1.807) is 0 Å². The molecule has 5 heteroatoms. The van der Waals surface area contributed by atoms with Gasteiger partial charge in [0.15, 0.2) is 0 Å². The van der Waals surface area contributed by atoms with Crippen molar-refractivity contribution >= 4 is 17.5 Å². The van der Waals surface area contributed by atoms with Gasteiger partial charge in [0.1, 0.15) is 0 Å². The number of benzene rings is 1. The molecule has 4 atom stereocenters. The first-order chi connectivity index (χ1) is 11.6. The lowest BCUT2D eigenvalue weighted by atomic mass is 10.1. The lowest BCUT2D eigenvalue weighted by Gasteiger charge is -2.24. The van der Waals surface area contributed by atoms with E-state index in [9.17, 15) is 9.59 Å². The maximum atomic E-state index is 12.9. The molecular weight excluding hydrogens is 302 g/mol. The fourth-order valence-corrected chi connectivity index (χ4v) is 3.96. The van der Waals surface area contributed by atoms with Gasteiger partial charge in [0, 0.05) is 42.3 Å². The molecule has 2 heterocycles. The minimum atomic E-state index is 0.0697. The van der Waals surface area contributed by atoms with E-state index in [-0.39, 0.29) is 17.7 Å². The van der Waals surface area contributed by atoms with Gasteiger partial charge in [-0.1, -0.05) is 13.0 Å². The van der Waals surface area contributed by atoms with Gasteiger partial charge in [-0.2, -0.15) is 0 Å². The summed E-state index contributed by atoms with van der Waals surface area (Å²) >= 11 is 0. The van der Waals surface area contributed by atoms with Crippen LogP contribution in [-0.2, 0) is 4.79 Å². The van der Waals surface area contributed by atoms with Crippen LogP contribution in [0, 0.1) is 11.8 Å². The first-order valence-electron chi connectivity index (χ1n) is 9.06. The first-order valence-corrected chi connectivity index (χ1v) is 9.06. The van der Waals surface area contributed by atoms with Crippen molar-refractivity contribution in [2.24, 2.45) is 11.8 Å². The van der Waals surface area contributed by atoms with E-state index in [4.69, 9.17) is 0 Å². The molecule has 2 bridgehead atoms. The molecular formula is C19H25N3O2. The lowest BCUT2D eigenvalue weighted by Crippen LogP contribution is -2.39. The van der Waals surface area contributed by atoms with Gasteiger partial charge in [0.05, 0.1) is 0 Å². The van der Waals surface area contributed by atoms with Crippen LogP contribution in [0.15, 0.2) is 24.3 Å². The molecule has 0 spiro atoms. The van der Waals surface area contributed by atoms with E-state index >= 15 is 0 Å². The number of fused-ring (bicyclic) bond motifs is 2. The fourth-order valence-electron chi connectivity index (χ4n) is 3.96. The van der Waals surface area contributed by atoms with E-state index < -0.39 is 0 Å². The number of hydrogen-bond acceptors (Lipinski definition) is 3. The Kier molecular flexibility index (Phi) is 4.04. The minimum absolute atomic E-state index is 0.0697. The van der Waals surface area contributed by atoms with E-state index in [0.717, 1.165) is 38.0 Å². The van der Waals surface area contributed by atoms with Crippen LogP contribution >= 0.6 is 0 Å². The highest BCUT2D eigenvalue weighted by atomic mass is 16.2. The lowest BCUT2D eigenvalue weighted by molar-refractivity contribution is -0.117. The number of nitrogens with zero attached hydrogens (tertiary/aromatic N) is 1. The van der Waals surface area contributed by atoms with Gasteiger partial charge in [0.2, 0.25) is 5.91 Å². The molecule has 2 aliphatic heterocycles. The second-order valence-corrected chi connectivity index (χ2v) is 7.57. The molecule has 1 aromatic carbocycles. The number of likely N-dealkylation sites (tertiary alicyclic amines) is 1. The molecule has 2 saturated heterocycles. The number of nitrogens with one attached hydrogen (secondary N) is 2. The minimum Gasteiger partial charge on any atom is -0.337 e. The zero-order valence-electron chi connectivity index (χ0n) is 14.1. The van der Waals surface area contributed by atoms with Crippen LogP contribution in [0.3, 0.4) is 0 Å². The monoisotopic (exact) mass is 327 g/mol. The summed E-state index contributed by atoms with van der Waals surface area (Å²) in [4.78, 5) is 26.9. The van der Waals surface area contributed by atoms with Crippen molar-refractivity contribution in [2.45, 2.75) is 44.7 Å². The zero-order valence-corrected chi connectivity index (χ0v) is 14.1. The third-order valence-corrected chi connectivity index (χ3v) is 5.63. The molecule has 2 amide bonds. The van der Waals surface area contributed by atoms with Crippen molar-refractivity contribution in [1.29, 1.82) is 0 Å². The molecule has 1 aromatic rings. The van der Waals surface area contributed by atoms with Gasteiger partial charge >= 0.3 is 0 Å². The van der Waals surface area contributed by atoms with Crippen LogP contribution in [-0.4, -0.2) is 41.9 Å². The summed E-state index contributed by atoms with van der Waals surface area (Å²) in [5.74, 6) is 0.759. The van der Waals surface area contributed by atoms with Crippen LogP contribution in [0.2, 0.25) is 0 Å². The molecule has 4 rings (SSSR count). The fraction of sp³-hybridized carbons (Fsp3) is 0.579. The standard InChI is InChI=1S/C19H25N3O2/c1-12-9-17(12)18(23)21-15-4-2-3-13(10-15)19(24)22-8-7-14-5-6-16(11-22)20-14/h2-4,10,12,14,16-17,20H,5-9,11H2,1H3,(H,21,23). The number of rotatable bonds is 3. The van der Waals surface area contributed by atoms with Crippen molar-refractivity contribution in [2.75, 3.05) is 18.4 Å². The summed E-state index contributed by atoms with van der Waals surface area (Å²) in [6.45, 7) is 3.68. The van der Waals surface area contributed by atoms with Gasteiger partial charge < -0.3 is 15.5 Å². The Morgan fingerprint density at radius 2 is 2.00 bits per heavy atom. The van der Waals surface area contributed by atoms with Crippen LogP contribution < -0.4 is 10.6 Å². The Morgan fingerprint density at radius 3 is 2.79 bits per heavy atom. The SMILES string of the molecule is CC1CC1C(=O)Nc1cccc(C(=O)N2CCC3CCC(C2)N3)c1. The average molecular weight is 327 g/mol. The normalized spacial score (nSPS) is 31.5. The van der Waals surface area contributed by atoms with E-state index in [1.807, 2.05) is 29.2 Å². The molecule has 128 valence electrons. The van der Waals surface area contributed by atoms with E-state index in [1.165, 1.54) is 6.42 Å². The molecule has 4 unspecified atom stereocenters. The summed E-state index contributed by atoms with van der Waals surface area (Å²) in [5.41, 5.74) is 1.38. The van der Waals surface area contributed by atoms with Gasteiger partial charge in [-0.15, -0.1) is 0 Å².